The normalized spacial score (nSPS) is 10.9. The van der Waals surface area contributed by atoms with Crippen molar-refractivity contribution in [2.24, 2.45) is 5.10 Å². The van der Waals surface area contributed by atoms with Crippen molar-refractivity contribution in [3.05, 3.63) is 64.7 Å². The third-order valence-electron chi connectivity index (χ3n) is 3.85. The Labute approximate surface area is 181 Å². The number of benzene rings is 2. The molecule has 0 saturated carbocycles. The van der Waals surface area contributed by atoms with E-state index in [2.05, 4.69) is 15.8 Å². The number of hydrogen-bond donors (Lipinski definition) is 2. The van der Waals surface area contributed by atoms with E-state index in [4.69, 9.17) is 21.1 Å². The van der Waals surface area contributed by atoms with E-state index in [9.17, 15) is 9.59 Å². The van der Waals surface area contributed by atoms with Gasteiger partial charge in [0.05, 0.1) is 12.3 Å². The van der Waals surface area contributed by atoms with Crippen LogP contribution in [0.4, 0.5) is 0 Å². The minimum Gasteiger partial charge on any atom is -0.489 e. The van der Waals surface area contributed by atoms with Gasteiger partial charge in [0.2, 0.25) is 0 Å². The van der Waals surface area contributed by atoms with E-state index in [0.717, 1.165) is 5.56 Å². The van der Waals surface area contributed by atoms with Gasteiger partial charge in [-0.2, -0.15) is 5.10 Å². The average Bonchev–Trinajstić information content (AvgIpc) is 2.73. The molecule has 0 saturated heterocycles. The molecule has 0 aliphatic rings. The van der Waals surface area contributed by atoms with E-state index < -0.39 is 11.8 Å². The van der Waals surface area contributed by atoms with Crippen LogP contribution >= 0.6 is 11.6 Å². The summed E-state index contributed by atoms with van der Waals surface area (Å²) in [4.78, 5) is 23.5. The molecule has 2 rings (SSSR count). The summed E-state index contributed by atoms with van der Waals surface area (Å²) in [5.41, 5.74) is 3.79. The minimum absolute atomic E-state index is 0.137. The molecule has 0 bridgehead atoms. The van der Waals surface area contributed by atoms with Crippen LogP contribution in [0.15, 0.2) is 53.6 Å². The Kier molecular flexibility index (Phi) is 9.83. The molecular weight excluding hydrogens is 406 g/mol. The van der Waals surface area contributed by atoms with Crippen molar-refractivity contribution in [2.75, 3.05) is 13.2 Å². The molecule has 2 N–H and O–H groups in total. The number of hydrogen-bond acceptors (Lipinski definition) is 5. The first kappa shape index (κ1) is 23.4. The van der Waals surface area contributed by atoms with E-state index in [-0.39, 0.29) is 6.10 Å². The summed E-state index contributed by atoms with van der Waals surface area (Å²) in [6.07, 6.45) is 2.20. The fourth-order valence-corrected chi connectivity index (χ4v) is 2.54. The zero-order chi connectivity index (χ0) is 21.8. The SMILES string of the molecule is CC(C)OCCCNC(=O)C(=O)N/N=C\c1cccc(OCc2ccccc2Cl)c1. The molecule has 0 aliphatic heterocycles. The van der Waals surface area contributed by atoms with Crippen molar-refractivity contribution in [3.8, 4) is 5.75 Å². The summed E-state index contributed by atoms with van der Waals surface area (Å²) < 4.78 is 11.1. The maximum absolute atomic E-state index is 11.8. The van der Waals surface area contributed by atoms with Crippen molar-refractivity contribution in [3.63, 3.8) is 0 Å². The van der Waals surface area contributed by atoms with Crippen LogP contribution in [0.1, 0.15) is 31.4 Å². The first-order valence-corrected chi connectivity index (χ1v) is 10.0. The highest BCUT2D eigenvalue weighted by Gasteiger charge is 2.11. The lowest BCUT2D eigenvalue weighted by atomic mass is 10.2. The third-order valence-corrected chi connectivity index (χ3v) is 4.22. The fraction of sp³-hybridized carbons (Fsp3) is 0.318. The lowest BCUT2D eigenvalue weighted by Gasteiger charge is -2.08. The lowest BCUT2D eigenvalue weighted by molar-refractivity contribution is -0.139. The molecule has 2 aromatic carbocycles. The topological polar surface area (TPSA) is 89.0 Å². The van der Waals surface area contributed by atoms with Crippen LogP contribution in [0.3, 0.4) is 0 Å². The number of hydrazone groups is 1. The second kappa shape index (κ2) is 12.6. The van der Waals surface area contributed by atoms with Crippen LogP contribution in [-0.2, 0) is 20.9 Å². The van der Waals surface area contributed by atoms with Crippen molar-refractivity contribution in [1.82, 2.24) is 10.7 Å². The van der Waals surface area contributed by atoms with Gasteiger partial charge in [0, 0.05) is 23.7 Å². The Bertz CT molecular complexity index is 871. The van der Waals surface area contributed by atoms with Crippen LogP contribution < -0.4 is 15.5 Å². The lowest BCUT2D eigenvalue weighted by Crippen LogP contribution is -2.38. The van der Waals surface area contributed by atoms with Gasteiger partial charge in [-0.15, -0.1) is 0 Å². The molecule has 0 aromatic heterocycles. The molecule has 2 amide bonds. The van der Waals surface area contributed by atoms with Crippen LogP contribution in [-0.4, -0.2) is 37.3 Å². The summed E-state index contributed by atoms with van der Waals surface area (Å²) in [6, 6.07) is 14.6. The summed E-state index contributed by atoms with van der Waals surface area (Å²) in [6.45, 7) is 5.08. The van der Waals surface area contributed by atoms with Gasteiger partial charge >= 0.3 is 11.8 Å². The highest BCUT2D eigenvalue weighted by molar-refractivity contribution is 6.35. The van der Waals surface area contributed by atoms with Gasteiger partial charge < -0.3 is 14.8 Å². The van der Waals surface area contributed by atoms with Gasteiger partial charge in [-0.3, -0.25) is 9.59 Å². The summed E-state index contributed by atoms with van der Waals surface area (Å²) >= 11 is 6.12. The quantitative estimate of drug-likeness (QED) is 0.261. The summed E-state index contributed by atoms with van der Waals surface area (Å²) in [5, 5.41) is 6.97. The number of carbonyl (C=O) groups is 2. The first-order chi connectivity index (χ1) is 14.5. The van der Waals surface area contributed by atoms with Gasteiger partial charge in [0.25, 0.3) is 0 Å². The van der Waals surface area contributed by atoms with Crippen LogP contribution in [0.25, 0.3) is 0 Å². The maximum atomic E-state index is 11.8. The van der Waals surface area contributed by atoms with Crippen molar-refractivity contribution < 1.29 is 19.1 Å². The molecule has 0 radical (unpaired) electrons. The average molecular weight is 432 g/mol. The monoisotopic (exact) mass is 431 g/mol. The summed E-state index contributed by atoms with van der Waals surface area (Å²) in [7, 11) is 0. The largest absolute Gasteiger partial charge is 0.489 e. The number of nitrogens with one attached hydrogen (secondary N) is 2. The van der Waals surface area contributed by atoms with Gasteiger partial charge in [-0.25, -0.2) is 5.43 Å². The Hall–Kier alpha value is -2.90. The van der Waals surface area contributed by atoms with E-state index in [0.29, 0.717) is 42.5 Å². The van der Waals surface area contributed by atoms with Gasteiger partial charge in [0.15, 0.2) is 0 Å². The number of rotatable bonds is 10. The molecule has 0 atom stereocenters. The Balaban J connectivity index is 1.76. The van der Waals surface area contributed by atoms with Crippen LogP contribution in [0.2, 0.25) is 5.02 Å². The molecule has 160 valence electrons. The number of halogens is 1. The maximum Gasteiger partial charge on any atom is 0.329 e. The number of ether oxygens (including phenoxy) is 2. The van der Waals surface area contributed by atoms with Gasteiger partial charge in [0.1, 0.15) is 12.4 Å². The van der Waals surface area contributed by atoms with Crippen LogP contribution in [0, 0.1) is 0 Å². The second-order valence-corrected chi connectivity index (χ2v) is 7.09. The minimum atomic E-state index is -0.831. The molecule has 7 nitrogen and oxygen atoms in total. The van der Waals surface area contributed by atoms with Crippen molar-refractivity contribution in [2.45, 2.75) is 33.0 Å². The number of carbonyl (C=O) groups excluding carboxylic acids is 2. The molecular formula is C22H26ClN3O4. The van der Waals surface area contributed by atoms with E-state index in [1.165, 1.54) is 6.21 Å². The summed E-state index contributed by atoms with van der Waals surface area (Å²) in [5.74, 6) is -0.942. The van der Waals surface area contributed by atoms with E-state index >= 15 is 0 Å². The molecule has 0 fully saturated rings. The van der Waals surface area contributed by atoms with E-state index in [1.807, 2.05) is 44.2 Å². The van der Waals surface area contributed by atoms with Gasteiger partial charge in [-0.05, 0) is 44.0 Å². The highest BCUT2D eigenvalue weighted by atomic mass is 35.5. The third kappa shape index (κ3) is 8.63. The molecule has 2 aromatic rings. The molecule has 0 aliphatic carbocycles. The Morgan fingerprint density at radius 2 is 1.93 bits per heavy atom. The highest BCUT2D eigenvalue weighted by Crippen LogP contribution is 2.19. The van der Waals surface area contributed by atoms with E-state index in [1.54, 1.807) is 18.2 Å². The Morgan fingerprint density at radius 3 is 2.70 bits per heavy atom. The smallest absolute Gasteiger partial charge is 0.329 e. The molecule has 8 heteroatoms. The zero-order valence-corrected chi connectivity index (χ0v) is 17.8. The van der Waals surface area contributed by atoms with Crippen molar-refractivity contribution >= 4 is 29.6 Å². The predicted octanol–water partition coefficient (Wildman–Crippen LogP) is 3.30. The van der Waals surface area contributed by atoms with Crippen molar-refractivity contribution in [1.29, 1.82) is 0 Å². The van der Waals surface area contributed by atoms with Gasteiger partial charge in [-0.1, -0.05) is 41.9 Å². The fourth-order valence-electron chi connectivity index (χ4n) is 2.35. The number of nitrogens with zero attached hydrogens (tertiary/aromatic N) is 1. The predicted molar refractivity (Wildman–Crippen MR) is 117 cm³/mol. The Morgan fingerprint density at radius 1 is 1.13 bits per heavy atom. The molecule has 0 heterocycles. The van der Waals surface area contributed by atoms with Crippen LogP contribution in [0.5, 0.6) is 5.75 Å². The molecule has 30 heavy (non-hydrogen) atoms. The molecule has 0 unspecified atom stereocenters. The standard InChI is InChI=1S/C22H26ClN3O4/c1-16(2)29-12-6-11-24-21(27)22(28)26-25-14-17-7-5-9-19(13-17)30-15-18-8-3-4-10-20(18)23/h3-5,7-10,13-14,16H,6,11-12,15H2,1-2H3,(H,24,27)(H,26,28)/b25-14-. The first-order valence-electron chi connectivity index (χ1n) is 9.65. The number of amides is 2. The zero-order valence-electron chi connectivity index (χ0n) is 17.1. The second-order valence-electron chi connectivity index (χ2n) is 6.68. The molecule has 0 spiro atoms.